The van der Waals surface area contributed by atoms with Crippen LogP contribution >= 0.6 is 15.9 Å². The molecule has 0 bridgehead atoms. The van der Waals surface area contributed by atoms with Crippen LogP contribution < -0.4 is 9.47 Å². The molecule has 0 spiro atoms. The van der Waals surface area contributed by atoms with Crippen LogP contribution in [-0.2, 0) is 0 Å². The Balaban J connectivity index is 3.24. The van der Waals surface area contributed by atoms with E-state index in [4.69, 9.17) is 9.47 Å². The second-order valence-electron chi connectivity index (χ2n) is 2.29. The lowest BCUT2D eigenvalue weighted by Gasteiger charge is -2.08. The minimum Gasteiger partial charge on any atom is -0.493 e. The molecular weight excluding hydrogens is 222 g/mol. The summed E-state index contributed by atoms with van der Waals surface area (Å²) in [4.78, 5) is 4.16. The lowest BCUT2D eigenvalue weighted by Crippen LogP contribution is -1.94. The van der Waals surface area contributed by atoms with E-state index in [1.807, 2.05) is 13.0 Å². The molecule has 66 valence electrons. The van der Waals surface area contributed by atoms with Crippen LogP contribution in [0.5, 0.6) is 11.5 Å². The van der Waals surface area contributed by atoms with Crippen LogP contribution in [0.2, 0.25) is 0 Å². The quantitative estimate of drug-likeness (QED) is 0.732. The van der Waals surface area contributed by atoms with E-state index >= 15 is 0 Å². The fourth-order valence-corrected chi connectivity index (χ4v) is 1.57. The van der Waals surface area contributed by atoms with E-state index in [2.05, 4.69) is 20.9 Å². The molecule has 0 amide bonds. The second kappa shape index (κ2) is 3.76. The van der Waals surface area contributed by atoms with E-state index in [0.717, 1.165) is 5.69 Å². The summed E-state index contributed by atoms with van der Waals surface area (Å²) in [6.45, 7) is 1.90. The maximum absolute atomic E-state index is 5.10. The molecule has 3 nitrogen and oxygen atoms in total. The van der Waals surface area contributed by atoms with Crippen molar-refractivity contribution in [1.29, 1.82) is 0 Å². The standard InChI is InChI=1S/C8H10BrNO2/c1-5-4-6(11-2)7(12-3)8(9)10-5/h4H,1-3H3. The van der Waals surface area contributed by atoms with Crippen molar-refractivity contribution in [2.45, 2.75) is 6.92 Å². The minimum absolute atomic E-state index is 0.628. The molecule has 0 aliphatic heterocycles. The first kappa shape index (κ1) is 9.32. The van der Waals surface area contributed by atoms with Gasteiger partial charge in [0.15, 0.2) is 16.1 Å². The van der Waals surface area contributed by atoms with Gasteiger partial charge in [0.25, 0.3) is 0 Å². The van der Waals surface area contributed by atoms with E-state index in [9.17, 15) is 0 Å². The molecule has 1 aromatic heterocycles. The molecule has 0 radical (unpaired) electrons. The molecule has 0 saturated heterocycles. The van der Waals surface area contributed by atoms with Gasteiger partial charge in [0.05, 0.1) is 14.2 Å². The van der Waals surface area contributed by atoms with Crippen molar-refractivity contribution >= 4 is 15.9 Å². The Kier molecular flexibility index (Phi) is 2.92. The molecule has 0 fully saturated rings. The van der Waals surface area contributed by atoms with Gasteiger partial charge in [-0.05, 0) is 22.9 Å². The van der Waals surface area contributed by atoms with Gasteiger partial charge in [0.2, 0.25) is 0 Å². The highest BCUT2D eigenvalue weighted by molar-refractivity contribution is 9.10. The number of pyridine rings is 1. The monoisotopic (exact) mass is 231 g/mol. The molecule has 0 saturated carbocycles. The van der Waals surface area contributed by atoms with Gasteiger partial charge in [0.1, 0.15) is 0 Å². The van der Waals surface area contributed by atoms with E-state index < -0.39 is 0 Å². The number of aromatic nitrogens is 1. The average Bonchev–Trinajstić information content (AvgIpc) is 2.03. The Morgan fingerprint density at radius 2 is 2.00 bits per heavy atom. The first-order valence-electron chi connectivity index (χ1n) is 3.44. The molecule has 1 heterocycles. The van der Waals surface area contributed by atoms with Gasteiger partial charge in [-0.2, -0.15) is 0 Å². The third kappa shape index (κ3) is 1.69. The highest BCUT2D eigenvalue weighted by Crippen LogP contribution is 2.33. The SMILES string of the molecule is COc1cc(C)nc(Br)c1OC. The molecule has 12 heavy (non-hydrogen) atoms. The number of methoxy groups -OCH3 is 2. The average molecular weight is 232 g/mol. The molecule has 0 unspecified atom stereocenters. The fourth-order valence-electron chi connectivity index (χ4n) is 0.931. The maximum atomic E-state index is 5.10. The second-order valence-corrected chi connectivity index (χ2v) is 3.04. The van der Waals surface area contributed by atoms with Crippen molar-refractivity contribution in [3.8, 4) is 11.5 Å². The molecular formula is C8H10BrNO2. The van der Waals surface area contributed by atoms with Crippen LogP contribution in [0.4, 0.5) is 0 Å². The molecule has 4 heteroatoms. The van der Waals surface area contributed by atoms with Crippen molar-refractivity contribution < 1.29 is 9.47 Å². The van der Waals surface area contributed by atoms with Gasteiger partial charge >= 0.3 is 0 Å². The first-order chi connectivity index (χ1) is 5.69. The van der Waals surface area contributed by atoms with Crippen molar-refractivity contribution in [2.24, 2.45) is 0 Å². The van der Waals surface area contributed by atoms with Crippen molar-refractivity contribution in [3.05, 3.63) is 16.4 Å². The number of halogens is 1. The summed E-state index contributed by atoms with van der Waals surface area (Å²) in [5, 5.41) is 0. The van der Waals surface area contributed by atoms with Crippen LogP contribution in [0.25, 0.3) is 0 Å². The van der Waals surface area contributed by atoms with Crippen molar-refractivity contribution in [3.63, 3.8) is 0 Å². The molecule has 0 N–H and O–H groups in total. The topological polar surface area (TPSA) is 31.4 Å². The Bertz CT molecular complexity index is 289. The Hall–Kier alpha value is -0.770. The van der Waals surface area contributed by atoms with E-state index in [1.165, 1.54) is 0 Å². The number of hydrogen-bond donors (Lipinski definition) is 0. The maximum Gasteiger partial charge on any atom is 0.193 e. The molecule has 0 aromatic carbocycles. The van der Waals surface area contributed by atoms with Crippen LogP contribution in [0.3, 0.4) is 0 Å². The van der Waals surface area contributed by atoms with Crippen LogP contribution in [0.1, 0.15) is 5.69 Å². The van der Waals surface area contributed by atoms with Crippen LogP contribution in [0, 0.1) is 6.92 Å². The van der Waals surface area contributed by atoms with Crippen LogP contribution in [0.15, 0.2) is 10.7 Å². The third-order valence-corrected chi connectivity index (χ3v) is 1.99. The Labute approximate surface area is 79.8 Å². The highest BCUT2D eigenvalue weighted by Gasteiger charge is 2.09. The molecule has 1 rings (SSSR count). The van der Waals surface area contributed by atoms with Gasteiger partial charge in [-0.3, -0.25) is 0 Å². The summed E-state index contributed by atoms with van der Waals surface area (Å²) >= 11 is 3.28. The van der Waals surface area contributed by atoms with Crippen LogP contribution in [-0.4, -0.2) is 19.2 Å². The predicted octanol–water partition coefficient (Wildman–Crippen LogP) is 2.17. The van der Waals surface area contributed by atoms with Gasteiger partial charge in [-0.1, -0.05) is 0 Å². The first-order valence-corrected chi connectivity index (χ1v) is 4.23. The predicted molar refractivity (Wildman–Crippen MR) is 49.8 cm³/mol. The van der Waals surface area contributed by atoms with Gasteiger partial charge < -0.3 is 9.47 Å². The fraction of sp³-hybridized carbons (Fsp3) is 0.375. The lowest BCUT2D eigenvalue weighted by molar-refractivity contribution is 0.350. The Morgan fingerprint density at radius 1 is 1.33 bits per heavy atom. The lowest BCUT2D eigenvalue weighted by atomic mass is 10.3. The Morgan fingerprint density at radius 3 is 2.50 bits per heavy atom. The summed E-state index contributed by atoms with van der Waals surface area (Å²) < 4.78 is 10.9. The van der Waals surface area contributed by atoms with E-state index in [0.29, 0.717) is 16.1 Å². The highest BCUT2D eigenvalue weighted by atomic mass is 79.9. The number of ether oxygens (including phenoxy) is 2. The zero-order valence-electron chi connectivity index (χ0n) is 7.22. The number of aryl methyl sites for hydroxylation is 1. The summed E-state index contributed by atoms with van der Waals surface area (Å²) in [6.07, 6.45) is 0. The number of rotatable bonds is 2. The number of nitrogens with zero attached hydrogens (tertiary/aromatic N) is 1. The zero-order chi connectivity index (χ0) is 9.14. The zero-order valence-corrected chi connectivity index (χ0v) is 8.81. The summed E-state index contributed by atoms with van der Waals surface area (Å²) in [6, 6.07) is 1.82. The van der Waals surface area contributed by atoms with E-state index in [-0.39, 0.29) is 0 Å². The molecule has 0 atom stereocenters. The van der Waals surface area contributed by atoms with Gasteiger partial charge in [-0.25, -0.2) is 4.98 Å². The third-order valence-electron chi connectivity index (χ3n) is 1.45. The number of hydrogen-bond acceptors (Lipinski definition) is 3. The summed E-state index contributed by atoms with van der Waals surface area (Å²) in [5.74, 6) is 1.32. The summed E-state index contributed by atoms with van der Waals surface area (Å²) in [5.41, 5.74) is 0.888. The van der Waals surface area contributed by atoms with Gasteiger partial charge in [0, 0.05) is 11.8 Å². The largest absolute Gasteiger partial charge is 0.493 e. The smallest absolute Gasteiger partial charge is 0.193 e. The van der Waals surface area contributed by atoms with E-state index in [1.54, 1.807) is 14.2 Å². The van der Waals surface area contributed by atoms with Crippen molar-refractivity contribution in [2.75, 3.05) is 14.2 Å². The molecule has 0 aliphatic rings. The normalized spacial score (nSPS) is 9.67. The molecule has 1 aromatic rings. The van der Waals surface area contributed by atoms with Crippen molar-refractivity contribution in [1.82, 2.24) is 4.98 Å². The van der Waals surface area contributed by atoms with Gasteiger partial charge in [-0.15, -0.1) is 0 Å². The summed E-state index contributed by atoms with van der Waals surface area (Å²) in [7, 11) is 3.18. The molecule has 0 aliphatic carbocycles. The minimum atomic E-state index is 0.628.